The number of nitrogens with one attached hydrogen (secondary N) is 2. The maximum absolute atomic E-state index is 3.51. The Morgan fingerprint density at radius 3 is 2.45 bits per heavy atom. The fourth-order valence-electron chi connectivity index (χ4n) is 2.43. The number of benzene rings is 2. The molecule has 2 nitrogen and oxygen atoms in total. The maximum atomic E-state index is 3.51. The molecule has 108 valence electrons. The molecule has 0 fully saturated rings. The molecule has 0 aliphatic carbocycles. The second kappa shape index (κ2) is 8.03. The van der Waals surface area contributed by atoms with E-state index in [0.29, 0.717) is 0 Å². The van der Waals surface area contributed by atoms with Crippen molar-refractivity contribution in [3.63, 3.8) is 0 Å². The van der Waals surface area contributed by atoms with Crippen LogP contribution in [0.1, 0.15) is 19.4 Å². The summed E-state index contributed by atoms with van der Waals surface area (Å²) in [6, 6.07) is 15.2. The first kappa shape index (κ1) is 15.0. The van der Waals surface area contributed by atoms with Gasteiger partial charge in [0.25, 0.3) is 0 Å². The zero-order chi connectivity index (χ0) is 14.2. The molecule has 0 amide bonds. The van der Waals surface area contributed by atoms with Crippen LogP contribution in [-0.4, -0.2) is 26.2 Å². The maximum Gasteiger partial charge on any atom is 0.00768 e. The van der Waals surface area contributed by atoms with E-state index in [1.54, 1.807) is 0 Å². The van der Waals surface area contributed by atoms with Crippen molar-refractivity contribution in [2.75, 3.05) is 26.2 Å². The molecule has 0 aliphatic heterocycles. The van der Waals surface area contributed by atoms with Gasteiger partial charge in [-0.25, -0.2) is 0 Å². The van der Waals surface area contributed by atoms with Gasteiger partial charge in [-0.2, -0.15) is 0 Å². The Kier molecular flexibility index (Phi) is 6.03. The zero-order valence-electron chi connectivity index (χ0n) is 12.7. The highest BCUT2D eigenvalue weighted by atomic mass is 14.9. The van der Waals surface area contributed by atoms with Crippen LogP contribution < -0.4 is 10.6 Å². The SMILES string of the molecule is CC(C)CNCCNCCc1cccc2ccccc12. The lowest BCUT2D eigenvalue weighted by Gasteiger charge is -2.09. The summed E-state index contributed by atoms with van der Waals surface area (Å²) in [5.74, 6) is 0.727. The molecule has 0 saturated heterocycles. The van der Waals surface area contributed by atoms with E-state index in [1.807, 2.05) is 0 Å². The minimum atomic E-state index is 0.727. The number of hydrogen-bond acceptors (Lipinski definition) is 2. The van der Waals surface area contributed by atoms with Crippen molar-refractivity contribution in [3.05, 3.63) is 48.0 Å². The van der Waals surface area contributed by atoms with Crippen LogP contribution in [-0.2, 0) is 6.42 Å². The summed E-state index contributed by atoms with van der Waals surface area (Å²) in [6.07, 6.45) is 1.09. The Morgan fingerprint density at radius 2 is 1.60 bits per heavy atom. The normalized spacial score (nSPS) is 11.3. The Labute approximate surface area is 122 Å². The van der Waals surface area contributed by atoms with E-state index in [0.717, 1.165) is 38.5 Å². The topological polar surface area (TPSA) is 24.1 Å². The molecule has 0 atom stereocenters. The molecule has 0 bridgehead atoms. The highest BCUT2D eigenvalue weighted by molar-refractivity contribution is 5.85. The van der Waals surface area contributed by atoms with Crippen LogP contribution >= 0.6 is 0 Å². The summed E-state index contributed by atoms with van der Waals surface area (Å²) in [5, 5.41) is 9.68. The van der Waals surface area contributed by atoms with Gasteiger partial charge in [0.15, 0.2) is 0 Å². The summed E-state index contributed by atoms with van der Waals surface area (Å²) in [4.78, 5) is 0. The van der Waals surface area contributed by atoms with Gasteiger partial charge in [-0.1, -0.05) is 56.3 Å². The first-order valence-electron chi connectivity index (χ1n) is 7.65. The number of rotatable bonds is 8. The van der Waals surface area contributed by atoms with Crippen LogP contribution in [0.2, 0.25) is 0 Å². The van der Waals surface area contributed by atoms with E-state index in [2.05, 4.69) is 66.9 Å². The molecule has 2 rings (SSSR count). The van der Waals surface area contributed by atoms with Gasteiger partial charge in [0, 0.05) is 13.1 Å². The van der Waals surface area contributed by atoms with Crippen LogP contribution in [0.5, 0.6) is 0 Å². The molecule has 2 aromatic carbocycles. The Balaban J connectivity index is 1.73. The molecule has 2 N–H and O–H groups in total. The summed E-state index contributed by atoms with van der Waals surface area (Å²) >= 11 is 0. The Hall–Kier alpha value is -1.38. The number of fused-ring (bicyclic) bond motifs is 1. The summed E-state index contributed by atoms with van der Waals surface area (Å²) in [5.41, 5.74) is 1.44. The molecule has 0 spiro atoms. The highest BCUT2D eigenvalue weighted by Gasteiger charge is 1.99. The molecular formula is C18H26N2. The third-order valence-corrected chi connectivity index (χ3v) is 3.48. The fraction of sp³-hybridized carbons (Fsp3) is 0.444. The second-order valence-corrected chi connectivity index (χ2v) is 5.74. The third-order valence-electron chi connectivity index (χ3n) is 3.48. The van der Waals surface area contributed by atoms with Gasteiger partial charge in [-0.05, 0) is 41.8 Å². The van der Waals surface area contributed by atoms with Crippen molar-refractivity contribution in [1.29, 1.82) is 0 Å². The fourth-order valence-corrected chi connectivity index (χ4v) is 2.43. The number of hydrogen-bond donors (Lipinski definition) is 2. The van der Waals surface area contributed by atoms with Gasteiger partial charge in [-0.3, -0.25) is 0 Å². The van der Waals surface area contributed by atoms with E-state index < -0.39 is 0 Å². The summed E-state index contributed by atoms with van der Waals surface area (Å²) < 4.78 is 0. The van der Waals surface area contributed by atoms with Crippen LogP contribution in [0.15, 0.2) is 42.5 Å². The smallest absolute Gasteiger partial charge is 0.00768 e. The highest BCUT2D eigenvalue weighted by Crippen LogP contribution is 2.18. The van der Waals surface area contributed by atoms with Gasteiger partial charge in [0.05, 0.1) is 0 Å². The van der Waals surface area contributed by atoms with E-state index in [4.69, 9.17) is 0 Å². The minimum Gasteiger partial charge on any atom is -0.315 e. The van der Waals surface area contributed by atoms with Crippen molar-refractivity contribution in [2.24, 2.45) is 5.92 Å². The molecule has 0 aliphatic rings. The summed E-state index contributed by atoms with van der Waals surface area (Å²) in [7, 11) is 0. The van der Waals surface area contributed by atoms with Crippen molar-refractivity contribution < 1.29 is 0 Å². The zero-order valence-corrected chi connectivity index (χ0v) is 12.7. The van der Waals surface area contributed by atoms with Gasteiger partial charge >= 0.3 is 0 Å². The quantitative estimate of drug-likeness (QED) is 0.720. The molecule has 2 aromatic rings. The largest absolute Gasteiger partial charge is 0.315 e. The summed E-state index contributed by atoms with van der Waals surface area (Å²) in [6.45, 7) is 8.70. The van der Waals surface area contributed by atoms with E-state index >= 15 is 0 Å². The van der Waals surface area contributed by atoms with Gasteiger partial charge in [-0.15, -0.1) is 0 Å². The molecule has 0 radical (unpaired) electrons. The standard InChI is InChI=1S/C18H26N2/c1-15(2)14-20-13-12-19-11-10-17-8-5-7-16-6-3-4-9-18(16)17/h3-9,15,19-20H,10-14H2,1-2H3. The monoisotopic (exact) mass is 270 g/mol. The van der Waals surface area contributed by atoms with Gasteiger partial charge < -0.3 is 10.6 Å². The predicted molar refractivity (Wildman–Crippen MR) is 88.2 cm³/mol. The van der Waals surface area contributed by atoms with E-state index in [1.165, 1.54) is 16.3 Å². The predicted octanol–water partition coefficient (Wildman–Crippen LogP) is 3.22. The van der Waals surface area contributed by atoms with Crippen LogP contribution in [0.25, 0.3) is 10.8 Å². The minimum absolute atomic E-state index is 0.727. The molecule has 0 saturated carbocycles. The van der Waals surface area contributed by atoms with Gasteiger partial charge in [0.2, 0.25) is 0 Å². The average molecular weight is 270 g/mol. The Bertz CT molecular complexity index is 514. The molecule has 0 aromatic heterocycles. The first-order chi connectivity index (χ1) is 9.77. The lowest BCUT2D eigenvalue weighted by Crippen LogP contribution is -2.30. The van der Waals surface area contributed by atoms with Crippen LogP contribution in [0, 0.1) is 5.92 Å². The molecule has 0 heterocycles. The molecular weight excluding hydrogens is 244 g/mol. The van der Waals surface area contributed by atoms with E-state index in [-0.39, 0.29) is 0 Å². The van der Waals surface area contributed by atoms with Crippen molar-refractivity contribution >= 4 is 10.8 Å². The molecule has 0 unspecified atom stereocenters. The van der Waals surface area contributed by atoms with Crippen molar-refractivity contribution in [1.82, 2.24) is 10.6 Å². The van der Waals surface area contributed by atoms with Crippen LogP contribution in [0.4, 0.5) is 0 Å². The lowest BCUT2D eigenvalue weighted by molar-refractivity contribution is 0.536. The first-order valence-corrected chi connectivity index (χ1v) is 7.65. The van der Waals surface area contributed by atoms with Gasteiger partial charge in [0.1, 0.15) is 0 Å². The van der Waals surface area contributed by atoms with Crippen molar-refractivity contribution in [2.45, 2.75) is 20.3 Å². The second-order valence-electron chi connectivity index (χ2n) is 5.74. The van der Waals surface area contributed by atoms with Crippen molar-refractivity contribution in [3.8, 4) is 0 Å². The molecule has 20 heavy (non-hydrogen) atoms. The lowest BCUT2D eigenvalue weighted by atomic mass is 10.0. The third kappa shape index (κ3) is 4.62. The Morgan fingerprint density at radius 1 is 0.850 bits per heavy atom. The van der Waals surface area contributed by atoms with Crippen LogP contribution in [0.3, 0.4) is 0 Å². The van der Waals surface area contributed by atoms with E-state index in [9.17, 15) is 0 Å². The molecule has 2 heteroatoms. The average Bonchev–Trinajstić information content (AvgIpc) is 2.46.